The van der Waals surface area contributed by atoms with Crippen molar-refractivity contribution in [2.45, 2.75) is 69.7 Å². The van der Waals surface area contributed by atoms with Gasteiger partial charge in [-0.1, -0.05) is 38.7 Å². The smallest absolute Gasteiger partial charge is 0.335 e. The minimum Gasteiger partial charge on any atom is -0.495 e. The lowest BCUT2D eigenvalue weighted by atomic mass is 9.71. The number of carboxylic acids is 1. The number of sulfonamides is 1. The van der Waals surface area contributed by atoms with Crippen LogP contribution in [0.5, 0.6) is 5.75 Å². The van der Waals surface area contributed by atoms with E-state index in [1.807, 2.05) is 0 Å². The first-order valence-electron chi connectivity index (χ1n) is 12.4. The Kier molecular flexibility index (Phi) is 8.16. The molecule has 190 valence electrons. The molecule has 4 rings (SSSR count). The molecule has 1 unspecified atom stereocenters. The standard InChI is InChI=1S/C26H34N2O5S2/c1-3-4-17-5-7-18(8-6-17)19-9-11-20(12-10-19)25-27-24(16-34-25)35(31,32)28-22-14-13-21(26(29)30)15-23(22)33-2/h11,13-19,28H,3-10,12H2,1-2H3,(H,29,30)/t17-,18-,19?. The summed E-state index contributed by atoms with van der Waals surface area (Å²) in [6.07, 6.45) is 13.5. The molecular weight excluding hydrogens is 484 g/mol. The predicted molar refractivity (Wildman–Crippen MR) is 139 cm³/mol. The Hall–Kier alpha value is -2.39. The van der Waals surface area contributed by atoms with Crippen LogP contribution < -0.4 is 9.46 Å². The van der Waals surface area contributed by atoms with Gasteiger partial charge in [0.05, 0.1) is 18.4 Å². The molecule has 1 saturated carbocycles. The summed E-state index contributed by atoms with van der Waals surface area (Å²) in [5.74, 6) is 1.49. The summed E-state index contributed by atoms with van der Waals surface area (Å²) in [7, 11) is -2.58. The Labute approximate surface area is 211 Å². The van der Waals surface area contributed by atoms with E-state index in [4.69, 9.17) is 9.84 Å². The molecule has 1 fully saturated rings. The quantitative estimate of drug-likeness (QED) is 0.396. The first-order valence-corrected chi connectivity index (χ1v) is 14.8. The third-order valence-corrected chi connectivity index (χ3v) is 9.75. The topological polar surface area (TPSA) is 106 Å². The lowest BCUT2D eigenvalue weighted by Crippen LogP contribution is -2.23. The summed E-state index contributed by atoms with van der Waals surface area (Å²) in [6.45, 7) is 2.28. The Morgan fingerprint density at radius 3 is 2.60 bits per heavy atom. The fraction of sp³-hybridized carbons (Fsp3) is 0.538. The Bertz CT molecular complexity index is 1180. The van der Waals surface area contributed by atoms with Gasteiger partial charge in [0.25, 0.3) is 10.0 Å². The van der Waals surface area contributed by atoms with Gasteiger partial charge < -0.3 is 9.84 Å². The number of aromatic nitrogens is 1. The summed E-state index contributed by atoms with van der Waals surface area (Å²) < 4.78 is 33.6. The molecule has 2 aromatic rings. The molecule has 0 bridgehead atoms. The lowest BCUT2D eigenvalue weighted by Gasteiger charge is -2.35. The third kappa shape index (κ3) is 6.06. The van der Waals surface area contributed by atoms with Crippen LogP contribution in [0, 0.1) is 17.8 Å². The molecule has 1 aromatic heterocycles. The molecule has 0 amide bonds. The predicted octanol–water partition coefficient (Wildman–Crippen LogP) is 6.44. The highest BCUT2D eigenvalue weighted by molar-refractivity contribution is 7.92. The highest BCUT2D eigenvalue weighted by atomic mass is 32.2. The molecule has 1 atom stereocenters. The van der Waals surface area contributed by atoms with Crippen molar-refractivity contribution in [3.8, 4) is 5.75 Å². The van der Waals surface area contributed by atoms with Crippen LogP contribution in [-0.2, 0) is 10.0 Å². The number of rotatable bonds is 9. The number of ether oxygens (including phenoxy) is 1. The van der Waals surface area contributed by atoms with E-state index >= 15 is 0 Å². The molecule has 0 saturated heterocycles. The maximum absolute atomic E-state index is 13.0. The van der Waals surface area contributed by atoms with E-state index in [1.165, 1.54) is 75.2 Å². The number of methoxy groups -OCH3 is 1. The maximum atomic E-state index is 13.0. The van der Waals surface area contributed by atoms with E-state index in [2.05, 4.69) is 22.7 Å². The third-order valence-electron chi connectivity index (χ3n) is 7.43. The van der Waals surface area contributed by atoms with Gasteiger partial charge in [-0.05, 0) is 73.6 Å². The van der Waals surface area contributed by atoms with Crippen molar-refractivity contribution >= 4 is 38.6 Å². The number of aromatic carboxylic acids is 1. The zero-order valence-corrected chi connectivity index (χ0v) is 22.0. The molecule has 0 spiro atoms. The Morgan fingerprint density at radius 1 is 1.20 bits per heavy atom. The van der Waals surface area contributed by atoms with Crippen molar-refractivity contribution in [3.63, 3.8) is 0 Å². The molecular formula is C26H34N2O5S2. The number of anilines is 1. The Balaban J connectivity index is 1.40. The average molecular weight is 519 g/mol. The number of carboxylic acid groups (broad SMARTS) is 1. The van der Waals surface area contributed by atoms with E-state index in [-0.39, 0.29) is 22.0 Å². The number of allylic oxidation sites excluding steroid dienone is 2. The highest BCUT2D eigenvalue weighted by Gasteiger charge is 2.29. The van der Waals surface area contributed by atoms with Crippen molar-refractivity contribution in [3.05, 3.63) is 40.2 Å². The second-order valence-electron chi connectivity index (χ2n) is 9.65. The van der Waals surface area contributed by atoms with Crippen molar-refractivity contribution in [2.75, 3.05) is 11.8 Å². The average Bonchev–Trinajstić information content (AvgIpc) is 3.36. The van der Waals surface area contributed by atoms with E-state index in [0.717, 1.165) is 47.6 Å². The number of nitrogens with one attached hydrogen (secondary N) is 1. The molecule has 0 aliphatic heterocycles. The summed E-state index contributed by atoms with van der Waals surface area (Å²) in [6, 6.07) is 3.99. The molecule has 35 heavy (non-hydrogen) atoms. The van der Waals surface area contributed by atoms with Crippen molar-refractivity contribution < 1.29 is 23.1 Å². The molecule has 0 radical (unpaired) electrons. The van der Waals surface area contributed by atoms with Crippen molar-refractivity contribution in [1.29, 1.82) is 0 Å². The van der Waals surface area contributed by atoms with Crippen LogP contribution in [0.1, 0.15) is 80.1 Å². The lowest BCUT2D eigenvalue weighted by molar-refractivity contribution is 0.0696. The van der Waals surface area contributed by atoms with E-state index in [1.54, 1.807) is 5.38 Å². The molecule has 1 aromatic carbocycles. The van der Waals surface area contributed by atoms with Crippen molar-refractivity contribution in [1.82, 2.24) is 4.98 Å². The highest BCUT2D eigenvalue weighted by Crippen LogP contribution is 2.42. The summed E-state index contributed by atoms with van der Waals surface area (Å²) >= 11 is 1.34. The number of nitrogens with zero attached hydrogens (tertiary/aromatic N) is 1. The second-order valence-corrected chi connectivity index (χ2v) is 12.1. The normalized spacial score (nSPS) is 22.9. The van der Waals surface area contributed by atoms with Crippen molar-refractivity contribution in [2.24, 2.45) is 17.8 Å². The number of carbonyl (C=O) groups is 1. The zero-order chi connectivity index (χ0) is 25.0. The molecule has 2 aliphatic rings. The van der Waals surface area contributed by atoms with Gasteiger partial charge in [0.1, 0.15) is 10.8 Å². The van der Waals surface area contributed by atoms with Gasteiger partial charge >= 0.3 is 5.97 Å². The van der Waals surface area contributed by atoms with E-state index in [0.29, 0.717) is 0 Å². The van der Waals surface area contributed by atoms with Gasteiger partial charge in [-0.3, -0.25) is 4.72 Å². The first kappa shape index (κ1) is 25.7. The molecule has 7 nitrogen and oxygen atoms in total. The number of hydrogen-bond acceptors (Lipinski definition) is 6. The van der Waals surface area contributed by atoms with Crippen LogP contribution in [-0.4, -0.2) is 31.6 Å². The van der Waals surface area contributed by atoms with Crippen LogP contribution in [0.25, 0.3) is 5.57 Å². The zero-order valence-electron chi connectivity index (χ0n) is 20.3. The second kappa shape index (κ2) is 11.1. The SMILES string of the molecule is CCC[C@H]1CC[C@H](C2CC=C(c3nc(S(=O)(=O)Nc4ccc(C(=O)O)cc4OC)cs3)CC2)CC1. The molecule has 9 heteroatoms. The van der Waals surface area contributed by atoms with Crippen LogP contribution in [0.4, 0.5) is 5.69 Å². The van der Waals surface area contributed by atoms with Gasteiger partial charge in [-0.15, -0.1) is 11.3 Å². The molecule has 1 heterocycles. The fourth-order valence-electron chi connectivity index (χ4n) is 5.47. The minimum absolute atomic E-state index is 0.0114. The number of hydrogen-bond donors (Lipinski definition) is 2. The summed E-state index contributed by atoms with van der Waals surface area (Å²) in [4.78, 5) is 15.6. The van der Waals surface area contributed by atoms with Crippen LogP contribution in [0.2, 0.25) is 0 Å². The maximum Gasteiger partial charge on any atom is 0.335 e. The molecule has 2 aliphatic carbocycles. The minimum atomic E-state index is -3.94. The monoisotopic (exact) mass is 518 g/mol. The van der Waals surface area contributed by atoms with Crippen LogP contribution in [0.15, 0.2) is 34.7 Å². The number of benzene rings is 1. The first-order chi connectivity index (χ1) is 16.8. The van der Waals surface area contributed by atoms with Gasteiger partial charge in [-0.25, -0.2) is 9.78 Å². The van der Waals surface area contributed by atoms with Gasteiger partial charge in [0.2, 0.25) is 0 Å². The molecule has 2 N–H and O–H groups in total. The largest absolute Gasteiger partial charge is 0.495 e. The summed E-state index contributed by atoms with van der Waals surface area (Å²) in [5.41, 5.74) is 1.31. The summed E-state index contributed by atoms with van der Waals surface area (Å²) in [5, 5.41) is 11.4. The van der Waals surface area contributed by atoms with Crippen LogP contribution in [0.3, 0.4) is 0 Å². The van der Waals surface area contributed by atoms with E-state index < -0.39 is 16.0 Å². The van der Waals surface area contributed by atoms with Gasteiger partial charge in [-0.2, -0.15) is 8.42 Å². The van der Waals surface area contributed by atoms with Gasteiger partial charge in [0, 0.05) is 5.38 Å². The Morgan fingerprint density at radius 2 is 1.97 bits per heavy atom. The van der Waals surface area contributed by atoms with Crippen LogP contribution >= 0.6 is 11.3 Å². The van der Waals surface area contributed by atoms with E-state index in [9.17, 15) is 13.2 Å². The van der Waals surface area contributed by atoms with Gasteiger partial charge in [0.15, 0.2) is 5.03 Å². The fourth-order valence-corrected chi connectivity index (χ4v) is 7.70. The number of thiazole rings is 1.